The highest BCUT2D eigenvalue weighted by molar-refractivity contribution is 5.74. The predicted molar refractivity (Wildman–Crippen MR) is 68.3 cm³/mol. The Morgan fingerprint density at radius 1 is 0.947 bits per heavy atom. The van der Waals surface area contributed by atoms with Gasteiger partial charge in [-0.3, -0.25) is 9.59 Å². The van der Waals surface area contributed by atoms with E-state index in [-0.39, 0.29) is 0 Å². The quantitative estimate of drug-likeness (QED) is 0.465. The van der Waals surface area contributed by atoms with Crippen LogP contribution in [0.4, 0.5) is 0 Å². The Labute approximate surface area is 111 Å². The third kappa shape index (κ3) is 2.03. The van der Waals surface area contributed by atoms with Gasteiger partial charge in [0.1, 0.15) is 0 Å². The Kier molecular flexibility index (Phi) is 2.66. The summed E-state index contributed by atoms with van der Waals surface area (Å²) in [5, 5.41) is 0. The minimum Gasteiger partial charge on any atom is -0.423 e. The summed E-state index contributed by atoms with van der Waals surface area (Å²) < 4.78 is 10.3. The van der Waals surface area contributed by atoms with Crippen LogP contribution in [0.5, 0.6) is 11.5 Å². The largest absolute Gasteiger partial charge is 0.423 e. The third-order valence-corrected chi connectivity index (χ3v) is 3.54. The van der Waals surface area contributed by atoms with Crippen LogP contribution in [-0.4, -0.2) is 11.9 Å². The van der Waals surface area contributed by atoms with E-state index in [0.29, 0.717) is 23.3 Å². The summed E-state index contributed by atoms with van der Waals surface area (Å²) in [5.74, 6) is 0.574. The van der Waals surface area contributed by atoms with Crippen molar-refractivity contribution in [2.75, 3.05) is 0 Å². The van der Waals surface area contributed by atoms with Gasteiger partial charge in [0.25, 0.3) is 0 Å². The van der Waals surface area contributed by atoms with Crippen molar-refractivity contribution >= 4 is 11.9 Å². The highest BCUT2D eigenvalue weighted by Gasteiger charge is 2.34. The molecule has 0 radical (unpaired) electrons. The molecular formula is C15H14O4. The first-order chi connectivity index (χ1) is 9.04. The van der Waals surface area contributed by atoms with E-state index in [4.69, 9.17) is 9.47 Å². The summed E-state index contributed by atoms with van der Waals surface area (Å²) in [6.45, 7) is 2.66. The maximum Gasteiger partial charge on any atom is 0.308 e. The van der Waals surface area contributed by atoms with Crippen LogP contribution in [0.1, 0.15) is 43.2 Å². The number of hydrogen-bond donors (Lipinski definition) is 0. The van der Waals surface area contributed by atoms with Gasteiger partial charge in [-0.2, -0.15) is 0 Å². The minimum atomic E-state index is -0.424. The lowest BCUT2D eigenvalue weighted by atomic mass is 9.96. The molecule has 3 rings (SSSR count). The number of carbonyl (C=O) groups is 2. The summed E-state index contributed by atoms with van der Waals surface area (Å²) in [7, 11) is 0. The Hall–Kier alpha value is -2.10. The normalized spacial score (nSPS) is 22.2. The molecule has 0 aliphatic heterocycles. The smallest absolute Gasteiger partial charge is 0.308 e. The van der Waals surface area contributed by atoms with Crippen molar-refractivity contribution in [2.24, 2.45) is 0 Å². The molecule has 2 aliphatic rings. The number of ether oxygens (including phenoxy) is 2. The zero-order valence-electron chi connectivity index (χ0n) is 10.8. The number of fused-ring (bicyclic) bond motifs is 5. The average Bonchev–Trinajstić information content (AvgIpc) is 2.89. The molecule has 0 heterocycles. The number of rotatable bonds is 2. The van der Waals surface area contributed by atoms with Crippen LogP contribution in [0.25, 0.3) is 0 Å². The third-order valence-electron chi connectivity index (χ3n) is 3.54. The Bertz CT molecular complexity index is 549. The van der Waals surface area contributed by atoms with Gasteiger partial charge in [0.05, 0.1) is 0 Å². The van der Waals surface area contributed by atoms with Crippen LogP contribution < -0.4 is 9.47 Å². The van der Waals surface area contributed by atoms with Crippen LogP contribution in [-0.2, 0) is 9.59 Å². The lowest BCUT2D eigenvalue weighted by molar-refractivity contribution is -0.134. The standard InChI is InChI=1S/C15H14O4/c1-8(16)18-14-6-12-10-3-4-11(5-10)13(12)7-15(14)19-9(2)17/h3-4,6-7,10-11H,5H2,1-2H3/t10-,11-/m0/s1. The molecular weight excluding hydrogens is 244 g/mol. The van der Waals surface area contributed by atoms with Crippen molar-refractivity contribution in [1.82, 2.24) is 0 Å². The molecule has 0 spiro atoms. The lowest BCUT2D eigenvalue weighted by Gasteiger charge is -2.15. The van der Waals surface area contributed by atoms with Gasteiger partial charge in [0.2, 0.25) is 0 Å². The van der Waals surface area contributed by atoms with Crippen LogP contribution in [0.3, 0.4) is 0 Å². The first-order valence-corrected chi connectivity index (χ1v) is 6.27. The molecule has 2 bridgehead atoms. The highest BCUT2D eigenvalue weighted by Crippen LogP contribution is 2.51. The van der Waals surface area contributed by atoms with Gasteiger partial charge in [0.15, 0.2) is 11.5 Å². The van der Waals surface area contributed by atoms with Crippen LogP contribution in [0, 0.1) is 0 Å². The zero-order valence-corrected chi connectivity index (χ0v) is 10.8. The topological polar surface area (TPSA) is 52.6 Å². The van der Waals surface area contributed by atoms with E-state index in [1.165, 1.54) is 25.0 Å². The molecule has 0 aromatic heterocycles. The maximum absolute atomic E-state index is 11.1. The number of carbonyl (C=O) groups excluding carboxylic acids is 2. The van der Waals surface area contributed by atoms with Crippen LogP contribution in [0.15, 0.2) is 24.3 Å². The lowest BCUT2D eigenvalue weighted by Crippen LogP contribution is -2.08. The Balaban J connectivity index is 2.05. The fourth-order valence-electron chi connectivity index (χ4n) is 2.86. The van der Waals surface area contributed by atoms with Crippen LogP contribution >= 0.6 is 0 Å². The Morgan fingerprint density at radius 2 is 1.37 bits per heavy atom. The zero-order chi connectivity index (χ0) is 13.6. The molecule has 1 aromatic carbocycles. The first-order valence-electron chi connectivity index (χ1n) is 6.27. The fourth-order valence-corrected chi connectivity index (χ4v) is 2.86. The van der Waals surface area contributed by atoms with Gasteiger partial charge in [0, 0.05) is 25.7 Å². The summed E-state index contributed by atoms with van der Waals surface area (Å²) in [6, 6.07) is 3.65. The Morgan fingerprint density at radius 3 is 1.74 bits per heavy atom. The van der Waals surface area contributed by atoms with E-state index in [9.17, 15) is 9.59 Å². The molecule has 0 saturated carbocycles. The molecule has 0 fully saturated rings. The van der Waals surface area contributed by atoms with E-state index in [1.807, 2.05) is 12.1 Å². The van der Waals surface area contributed by atoms with Gasteiger partial charge < -0.3 is 9.47 Å². The van der Waals surface area contributed by atoms with E-state index in [2.05, 4.69) is 12.2 Å². The number of allylic oxidation sites excluding steroid dienone is 2. The maximum atomic E-state index is 11.1. The molecule has 4 heteroatoms. The second-order valence-corrected chi connectivity index (χ2v) is 4.95. The monoisotopic (exact) mass is 258 g/mol. The van der Waals surface area contributed by atoms with E-state index >= 15 is 0 Å². The molecule has 2 atom stereocenters. The van der Waals surface area contributed by atoms with E-state index in [1.54, 1.807) is 0 Å². The van der Waals surface area contributed by atoms with Crippen molar-refractivity contribution in [2.45, 2.75) is 32.1 Å². The van der Waals surface area contributed by atoms with E-state index in [0.717, 1.165) is 6.42 Å². The SMILES string of the molecule is CC(=O)Oc1cc2c(cc1OC(C)=O)[C@H]1C=C[C@H]2C1. The minimum absolute atomic E-state index is 0.322. The van der Waals surface area contributed by atoms with Crippen molar-refractivity contribution in [3.8, 4) is 11.5 Å². The van der Waals surface area contributed by atoms with Gasteiger partial charge in [-0.05, 0) is 29.7 Å². The second kappa shape index (κ2) is 4.23. The molecule has 0 N–H and O–H groups in total. The molecule has 98 valence electrons. The molecule has 4 nitrogen and oxygen atoms in total. The second-order valence-electron chi connectivity index (χ2n) is 4.95. The molecule has 2 aliphatic carbocycles. The van der Waals surface area contributed by atoms with Crippen molar-refractivity contribution in [1.29, 1.82) is 0 Å². The summed E-state index contributed by atoms with van der Waals surface area (Å²) in [5.41, 5.74) is 2.33. The summed E-state index contributed by atoms with van der Waals surface area (Å²) in [4.78, 5) is 22.3. The first kappa shape index (κ1) is 12.0. The number of hydrogen-bond acceptors (Lipinski definition) is 4. The number of esters is 2. The van der Waals surface area contributed by atoms with Crippen LogP contribution in [0.2, 0.25) is 0 Å². The fraction of sp³-hybridized carbons (Fsp3) is 0.333. The van der Waals surface area contributed by atoms with Gasteiger partial charge in [-0.25, -0.2) is 0 Å². The molecule has 0 amide bonds. The highest BCUT2D eigenvalue weighted by atomic mass is 16.6. The van der Waals surface area contributed by atoms with Gasteiger partial charge in [-0.1, -0.05) is 12.2 Å². The summed E-state index contributed by atoms with van der Waals surface area (Å²) >= 11 is 0. The number of benzene rings is 1. The van der Waals surface area contributed by atoms with Gasteiger partial charge >= 0.3 is 11.9 Å². The predicted octanol–water partition coefficient (Wildman–Crippen LogP) is 2.68. The molecule has 1 aromatic rings. The summed E-state index contributed by atoms with van der Waals surface area (Å²) in [6.07, 6.45) is 5.41. The van der Waals surface area contributed by atoms with E-state index < -0.39 is 11.9 Å². The molecule has 0 saturated heterocycles. The van der Waals surface area contributed by atoms with Crippen molar-refractivity contribution in [3.05, 3.63) is 35.4 Å². The van der Waals surface area contributed by atoms with Crippen molar-refractivity contribution in [3.63, 3.8) is 0 Å². The molecule has 0 unspecified atom stereocenters. The van der Waals surface area contributed by atoms with Gasteiger partial charge in [-0.15, -0.1) is 0 Å². The molecule has 19 heavy (non-hydrogen) atoms. The van der Waals surface area contributed by atoms with Crippen molar-refractivity contribution < 1.29 is 19.1 Å². The average molecular weight is 258 g/mol.